The number of hydrogen-bond donors (Lipinski definition) is 1. The van der Waals surface area contributed by atoms with Gasteiger partial charge in [-0.15, -0.1) is 0 Å². The topological polar surface area (TPSA) is 96.8 Å². The van der Waals surface area contributed by atoms with Gasteiger partial charge in [0, 0.05) is 18.9 Å². The van der Waals surface area contributed by atoms with Crippen LogP contribution in [0.5, 0.6) is 5.75 Å². The average Bonchev–Trinajstić information content (AvgIpc) is 2.98. The third-order valence-electron chi connectivity index (χ3n) is 5.89. The molecule has 0 saturated carbocycles. The molecule has 3 aromatic heterocycles. The predicted octanol–water partition coefficient (Wildman–Crippen LogP) is 2.78. The zero-order valence-corrected chi connectivity index (χ0v) is 19.7. The van der Waals surface area contributed by atoms with E-state index in [1.54, 1.807) is 20.4 Å². The van der Waals surface area contributed by atoms with Gasteiger partial charge in [-0.1, -0.05) is 0 Å². The first-order chi connectivity index (χ1) is 14.6. The van der Waals surface area contributed by atoms with E-state index in [0.29, 0.717) is 17.7 Å². The highest BCUT2D eigenvalue weighted by Crippen LogP contribution is 2.31. The largest absolute Gasteiger partial charge is 0.496 e. The highest BCUT2D eigenvalue weighted by Gasteiger charge is 2.27. The van der Waals surface area contributed by atoms with E-state index in [1.807, 2.05) is 43.5 Å². The van der Waals surface area contributed by atoms with Crippen molar-refractivity contribution in [1.29, 1.82) is 0 Å². The molecule has 31 heavy (non-hydrogen) atoms. The molecule has 0 aliphatic rings. The van der Waals surface area contributed by atoms with E-state index >= 15 is 0 Å². The number of fused-ring (bicyclic) bond motifs is 1. The molecule has 0 bridgehead atoms. The molecular formula is C22H30N4O4S. The molecular weight excluding hydrogens is 416 g/mol. The number of hydrogen-bond acceptors (Lipinski definition) is 5. The number of nitrogens with one attached hydrogen (secondary N) is 1. The third kappa shape index (κ3) is 4.52. The van der Waals surface area contributed by atoms with Crippen LogP contribution in [0, 0.1) is 13.8 Å². The maximum atomic E-state index is 12.4. The lowest BCUT2D eigenvalue weighted by molar-refractivity contribution is 0.390. The lowest BCUT2D eigenvalue weighted by atomic mass is 10.0. The summed E-state index contributed by atoms with van der Waals surface area (Å²) in [6.45, 7) is 5.70. The van der Waals surface area contributed by atoms with Crippen molar-refractivity contribution >= 4 is 15.5 Å². The second-order valence-electron chi connectivity index (χ2n) is 7.95. The average molecular weight is 447 g/mol. The molecule has 168 valence electrons. The van der Waals surface area contributed by atoms with Crippen LogP contribution in [0.25, 0.3) is 5.52 Å². The maximum Gasteiger partial charge on any atom is 0.255 e. The van der Waals surface area contributed by atoms with Crippen molar-refractivity contribution in [2.75, 3.05) is 20.4 Å². The van der Waals surface area contributed by atoms with Gasteiger partial charge in [-0.3, -0.25) is 4.79 Å². The van der Waals surface area contributed by atoms with Gasteiger partial charge in [0.05, 0.1) is 36.2 Å². The molecule has 3 rings (SSSR count). The Morgan fingerprint density at radius 2 is 1.94 bits per heavy atom. The molecule has 1 unspecified atom stereocenters. The van der Waals surface area contributed by atoms with E-state index < -0.39 is 10.0 Å². The van der Waals surface area contributed by atoms with E-state index in [4.69, 9.17) is 4.74 Å². The zero-order valence-electron chi connectivity index (χ0n) is 18.9. The number of pyridine rings is 1. The number of nitrogens with zero attached hydrogens (tertiary/aromatic N) is 3. The maximum absolute atomic E-state index is 12.4. The van der Waals surface area contributed by atoms with Crippen LogP contribution in [0.15, 0.2) is 29.2 Å². The number of ether oxygens (including phenoxy) is 1. The van der Waals surface area contributed by atoms with Gasteiger partial charge >= 0.3 is 0 Å². The van der Waals surface area contributed by atoms with E-state index in [9.17, 15) is 13.2 Å². The Morgan fingerprint density at radius 3 is 2.58 bits per heavy atom. The fraction of sp³-hybridized carbons (Fsp3) is 0.455. The van der Waals surface area contributed by atoms with Crippen LogP contribution in [0.4, 0.5) is 0 Å². The Bertz CT molecular complexity index is 1260. The fourth-order valence-corrected chi connectivity index (χ4v) is 4.78. The molecule has 0 fully saturated rings. The van der Waals surface area contributed by atoms with Crippen molar-refractivity contribution in [3.63, 3.8) is 0 Å². The molecule has 1 atom stereocenters. The first kappa shape index (κ1) is 23.0. The van der Waals surface area contributed by atoms with Crippen LogP contribution in [0.2, 0.25) is 0 Å². The Balaban J connectivity index is 1.94. The summed E-state index contributed by atoms with van der Waals surface area (Å²) in [5.74, 6) is 0.602. The molecule has 9 heteroatoms. The summed E-state index contributed by atoms with van der Waals surface area (Å²) in [6, 6.07) is 5.33. The van der Waals surface area contributed by atoms with Gasteiger partial charge in [-0.2, -0.15) is 9.40 Å². The lowest BCUT2D eigenvalue weighted by Crippen LogP contribution is -2.29. The Hall–Kier alpha value is -2.65. The normalized spacial score (nSPS) is 13.1. The standard InChI is InChI=1S/C22H30N4O4S/c1-14-13-20(30-5)18(22(27)24-14)10-7-9-17-15(2)21(16(3)25(4)31(6,28)29)26-19(17)11-8-12-23-26/h8,11-13,16H,7,9-10H2,1-6H3,(H,24,27). The van der Waals surface area contributed by atoms with Gasteiger partial charge in [0.25, 0.3) is 5.56 Å². The summed E-state index contributed by atoms with van der Waals surface area (Å²) in [6.07, 6.45) is 4.95. The Kier molecular flexibility index (Phi) is 6.56. The molecule has 0 aliphatic carbocycles. The first-order valence-electron chi connectivity index (χ1n) is 10.2. The molecule has 0 aliphatic heterocycles. The number of aromatic nitrogens is 3. The van der Waals surface area contributed by atoms with Gasteiger partial charge in [0.15, 0.2) is 0 Å². The molecule has 0 radical (unpaired) electrons. The minimum atomic E-state index is -3.36. The molecule has 0 spiro atoms. The van der Waals surface area contributed by atoms with Gasteiger partial charge in [-0.05, 0) is 69.4 Å². The third-order valence-corrected chi connectivity index (χ3v) is 7.25. The number of sulfonamides is 1. The molecule has 0 aromatic carbocycles. The Morgan fingerprint density at radius 1 is 1.26 bits per heavy atom. The van der Waals surface area contributed by atoms with Crippen LogP contribution in [0.1, 0.15) is 47.5 Å². The summed E-state index contributed by atoms with van der Waals surface area (Å²) < 4.78 is 32.8. The second-order valence-corrected chi connectivity index (χ2v) is 9.99. The van der Waals surface area contributed by atoms with E-state index in [1.165, 1.54) is 10.6 Å². The fourth-order valence-electron chi connectivity index (χ4n) is 4.11. The molecule has 3 heterocycles. The van der Waals surface area contributed by atoms with Crippen LogP contribution < -0.4 is 10.3 Å². The summed E-state index contributed by atoms with van der Waals surface area (Å²) in [5.41, 5.74) is 5.21. The lowest BCUT2D eigenvalue weighted by Gasteiger charge is -2.23. The summed E-state index contributed by atoms with van der Waals surface area (Å²) in [5, 5.41) is 4.49. The highest BCUT2D eigenvalue weighted by molar-refractivity contribution is 7.88. The highest BCUT2D eigenvalue weighted by atomic mass is 32.2. The SMILES string of the molecule is COc1cc(C)[nH]c(=O)c1CCCc1c(C)c(C(C)N(C)S(C)(=O)=O)n2ncccc12. The van der Waals surface area contributed by atoms with Gasteiger partial charge in [0.1, 0.15) is 5.75 Å². The number of aromatic amines is 1. The minimum absolute atomic E-state index is 0.124. The summed E-state index contributed by atoms with van der Waals surface area (Å²) in [7, 11) is -0.204. The van der Waals surface area contributed by atoms with Gasteiger partial charge in [-0.25, -0.2) is 12.9 Å². The molecule has 8 nitrogen and oxygen atoms in total. The van der Waals surface area contributed by atoms with Crippen LogP contribution in [0.3, 0.4) is 0 Å². The van der Waals surface area contributed by atoms with Crippen molar-refractivity contribution < 1.29 is 13.2 Å². The quantitative estimate of drug-likeness (QED) is 0.574. The summed E-state index contributed by atoms with van der Waals surface area (Å²) >= 11 is 0. The van der Waals surface area contributed by atoms with E-state index in [0.717, 1.165) is 40.9 Å². The van der Waals surface area contributed by atoms with E-state index in [-0.39, 0.29) is 11.6 Å². The number of aryl methyl sites for hydroxylation is 2. The van der Waals surface area contributed by atoms with Crippen molar-refractivity contribution in [2.24, 2.45) is 0 Å². The van der Waals surface area contributed by atoms with Crippen molar-refractivity contribution in [1.82, 2.24) is 18.9 Å². The van der Waals surface area contributed by atoms with Crippen LogP contribution >= 0.6 is 0 Å². The molecule has 3 aromatic rings. The molecule has 0 saturated heterocycles. The van der Waals surface area contributed by atoms with Crippen molar-refractivity contribution in [3.05, 3.63) is 62.8 Å². The number of rotatable bonds is 8. The Labute approximate surface area is 182 Å². The van der Waals surface area contributed by atoms with Crippen LogP contribution in [-0.2, 0) is 22.9 Å². The number of H-pyrrole nitrogens is 1. The van der Waals surface area contributed by atoms with Crippen molar-refractivity contribution in [3.8, 4) is 5.75 Å². The first-order valence-corrected chi connectivity index (χ1v) is 12.1. The van der Waals surface area contributed by atoms with Gasteiger partial charge < -0.3 is 9.72 Å². The van der Waals surface area contributed by atoms with Crippen molar-refractivity contribution in [2.45, 2.75) is 46.1 Å². The zero-order chi connectivity index (χ0) is 22.9. The minimum Gasteiger partial charge on any atom is -0.496 e. The molecule has 0 amide bonds. The van der Waals surface area contributed by atoms with Crippen LogP contribution in [-0.4, -0.2) is 47.7 Å². The molecule has 1 N–H and O–H groups in total. The summed E-state index contributed by atoms with van der Waals surface area (Å²) in [4.78, 5) is 15.2. The van der Waals surface area contributed by atoms with E-state index in [2.05, 4.69) is 10.1 Å². The monoisotopic (exact) mass is 446 g/mol. The van der Waals surface area contributed by atoms with Gasteiger partial charge in [0.2, 0.25) is 10.0 Å². The smallest absolute Gasteiger partial charge is 0.255 e. The number of methoxy groups -OCH3 is 1. The predicted molar refractivity (Wildman–Crippen MR) is 121 cm³/mol. The second kappa shape index (κ2) is 8.84.